The maximum atomic E-state index is 11.8. The van der Waals surface area contributed by atoms with Crippen LogP contribution in [0.1, 0.15) is 10.4 Å². The van der Waals surface area contributed by atoms with Gasteiger partial charge in [0.2, 0.25) is 0 Å². The number of sulfone groups is 1. The largest absolute Gasteiger partial charge is 0.478 e. The first-order valence-corrected chi connectivity index (χ1v) is 7.62. The molecule has 2 rings (SSSR count). The second kappa shape index (κ2) is 4.97. The molecular weight excluding hydrogens is 278 g/mol. The quantitative estimate of drug-likeness (QED) is 0.843. The Hall–Kier alpha value is -2.34. The monoisotopic (exact) mass is 291 g/mol. The smallest absolute Gasteiger partial charge is 0.337 e. The van der Waals surface area contributed by atoms with Gasteiger partial charge in [-0.05, 0) is 23.8 Å². The summed E-state index contributed by atoms with van der Waals surface area (Å²) in [5, 5.41) is 8.94. The molecule has 0 spiro atoms. The van der Waals surface area contributed by atoms with Crippen molar-refractivity contribution in [2.75, 3.05) is 12.0 Å². The lowest BCUT2D eigenvalue weighted by molar-refractivity contribution is 0.0698. The number of carboxylic acid groups (broad SMARTS) is 1. The van der Waals surface area contributed by atoms with Crippen LogP contribution in [0.15, 0.2) is 47.4 Å². The molecule has 0 saturated carbocycles. The van der Waals surface area contributed by atoms with Crippen LogP contribution in [-0.2, 0) is 9.84 Å². The van der Waals surface area contributed by atoms with Gasteiger partial charge in [-0.25, -0.2) is 13.2 Å². The van der Waals surface area contributed by atoms with Crippen molar-refractivity contribution < 1.29 is 18.3 Å². The van der Waals surface area contributed by atoms with Crippen LogP contribution in [0.2, 0.25) is 0 Å². The van der Waals surface area contributed by atoms with E-state index in [1.54, 1.807) is 24.3 Å². The highest BCUT2D eigenvalue weighted by atomic mass is 32.2. The summed E-state index contributed by atoms with van der Waals surface area (Å²) < 4.78 is 23.5. The molecule has 20 heavy (non-hydrogen) atoms. The summed E-state index contributed by atoms with van der Waals surface area (Å²) in [6, 6.07) is 10.9. The van der Waals surface area contributed by atoms with Crippen LogP contribution < -0.4 is 5.73 Å². The van der Waals surface area contributed by atoms with Crippen molar-refractivity contribution in [2.45, 2.75) is 4.90 Å². The molecule has 0 atom stereocenters. The number of hydrogen-bond acceptors (Lipinski definition) is 4. The van der Waals surface area contributed by atoms with Crippen molar-refractivity contribution in [3.63, 3.8) is 0 Å². The average molecular weight is 291 g/mol. The second-order valence-corrected chi connectivity index (χ2v) is 6.36. The van der Waals surface area contributed by atoms with Gasteiger partial charge < -0.3 is 10.8 Å². The first-order valence-electron chi connectivity index (χ1n) is 5.73. The molecule has 5 nitrogen and oxygen atoms in total. The van der Waals surface area contributed by atoms with Gasteiger partial charge in [-0.2, -0.15) is 0 Å². The fourth-order valence-corrected chi connectivity index (χ4v) is 2.86. The number of aromatic carboxylic acids is 1. The van der Waals surface area contributed by atoms with Crippen LogP contribution in [0.4, 0.5) is 5.69 Å². The Morgan fingerprint density at radius 3 is 2.35 bits per heavy atom. The van der Waals surface area contributed by atoms with E-state index in [0.29, 0.717) is 11.1 Å². The summed E-state index contributed by atoms with van der Waals surface area (Å²) >= 11 is 0. The zero-order valence-electron chi connectivity index (χ0n) is 10.7. The summed E-state index contributed by atoms with van der Waals surface area (Å²) in [4.78, 5) is 11.1. The number of benzene rings is 2. The normalized spacial score (nSPS) is 11.2. The third kappa shape index (κ3) is 2.65. The Balaban J connectivity index is 2.65. The van der Waals surface area contributed by atoms with Gasteiger partial charge >= 0.3 is 5.97 Å². The summed E-state index contributed by atoms with van der Waals surface area (Å²) in [5.74, 6) is -1.12. The minimum Gasteiger partial charge on any atom is -0.478 e. The van der Waals surface area contributed by atoms with Crippen molar-refractivity contribution in [3.8, 4) is 11.1 Å². The molecule has 0 unspecified atom stereocenters. The number of carboxylic acids is 1. The first-order chi connectivity index (χ1) is 9.30. The van der Waals surface area contributed by atoms with Crippen molar-refractivity contribution in [3.05, 3.63) is 48.0 Å². The Morgan fingerprint density at radius 1 is 1.15 bits per heavy atom. The number of nitrogens with two attached hydrogens (primary N) is 1. The van der Waals surface area contributed by atoms with E-state index in [1.165, 1.54) is 18.2 Å². The van der Waals surface area contributed by atoms with E-state index in [1.807, 2.05) is 0 Å². The number of anilines is 1. The molecule has 0 aliphatic rings. The van der Waals surface area contributed by atoms with Crippen LogP contribution in [0.5, 0.6) is 0 Å². The predicted octanol–water partition coefficient (Wildman–Crippen LogP) is 2.04. The van der Waals surface area contributed by atoms with Crippen LogP contribution in [0.25, 0.3) is 11.1 Å². The third-order valence-corrected chi connectivity index (χ3v) is 4.03. The highest BCUT2D eigenvalue weighted by Crippen LogP contribution is 2.29. The van der Waals surface area contributed by atoms with E-state index in [2.05, 4.69) is 0 Å². The molecule has 0 heterocycles. The topological polar surface area (TPSA) is 97.5 Å². The summed E-state index contributed by atoms with van der Waals surface area (Å²) in [6.45, 7) is 0. The fraction of sp³-hybridized carbons (Fsp3) is 0.0714. The molecule has 0 saturated heterocycles. The minimum atomic E-state index is -3.38. The number of hydrogen-bond donors (Lipinski definition) is 2. The highest BCUT2D eigenvalue weighted by Gasteiger charge is 2.15. The summed E-state index contributed by atoms with van der Waals surface area (Å²) in [5.41, 5.74) is 6.84. The maximum absolute atomic E-state index is 11.8. The zero-order valence-corrected chi connectivity index (χ0v) is 11.5. The lowest BCUT2D eigenvalue weighted by atomic mass is 10.0. The first kappa shape index (κ1) is 14.1. The lowest BCUT2D eigenvalue weighted by Crippen LogP contribution is -2.03. The molecule has 0 aliphatic heterocycles. The average Bonchev–Trinajstić information content (AvgIpc) is 2.37. The van der Waals surface area contributed by atoms with Gasteiger partial charge in [-0.3, -0.25) is 0 Å². The zero-order chi connectivity index (χ0) is 14.9. The maximum Gasteiger partial charge on any atom is 0.337 e. The van der Waals surface area contributed by atoms with Gasteiger partial charge in [-0.15, -0.1) is 0 Å². The SMILES string of the molecule is CS(=O)(=O)c1ccccc1-c1ccc(C(=O)O)c(N)c1. The second-order valence-electron chi connectivity index (χ2n) is 4.38. The van der Waals surface area contributed by atoms with Gasteiger partial charge in [0.15, 0.2) is 9.84 Å². The van der Waals surface area contributed by atoms with E-state index in [4.69, 9.17) is 10.8 Å². The molecule has 104 valence electrons. The number of carbonyl (C=O) groups is 1. The molecular formula is C14H13NO4S. The predicted molar refractivity (Wildman–Crippen MR) is 76.4 cm³/mol. The van der Waals surface area contributed by atoms with E-state index >= 15 is 0 Å². The van der Waals surface area contributed by atoms with Crippen LogP contribution in [0, 0.1) is 0 Å². The molecule has 0 radical (unpaired) electrons. The summed E-state index contributed by atoms with van der Waals surface area (Å²) in [6.07, 6.45) is 1.13. The number of rotatable bonds is 3. The van der Waals surface area contributed by atoms with Gasteiger partial charge in [0.1, 0.15) is 0 Å². The molecule has 6 heteroatoms. The Bertz CT molecular complexity index is 782. The molecule has 3 N–H and O–H groups in total. The molecule has 0 fully saturated rings. The molecule has 2 aromatic rings. The van der Waals surface area contributed by atoms with Crippen LogP contribution in [-0.4, -0.2) is 25.7 Å². The Morgan fingerprint density at radius 2 is 1.80 bits per heavy atom. The fourth-order valence-electron chi connectivity index (χ4n) is 1.95. The summed E-state index contributed by atoms with van der Waals surface area (Å²) in [7, 11) is -3.38. The molecule has 0 aromatic heterocycles. The molecule has 2 aromatic carbocycles. The van der Waals surface area contributed by atoms with Gasteiger partial charge in [-0.1, -0.05) is 24.3 Å². The van der Waals surface area contributed by atoms with E-state index < -0.39 is 15.8 Å². The van der Waals surface area contributed by atoms with Gasteiger partial charge in [0, 0.05) is 17.5 Å². The van der Waals surface area contributed by atoms with E-state index in [0.717, 1.165) is 6.26 Å². The van der Waals surface area contributed by atoms with Crippen molar-refractivity contribution in [2.24, 2.45) is 0 Å². The minimum absolute atomic E-state index is 0.00872. The van der Waals surface area contributed by atoms with Crippen molar-refractivity contribution in [1.29, 1.82) is 0 Å². The van der Waals surface area contributed by atoms with E-state index in [9.17, 15) is 13.2 Å². The van der Waals surface area contributed by atoms with Crippen LogP contribution in [0.3, 0.4) is 0 Å². The van der Waals surface area contributed by atoms with Crippen molar-refractivity contribution in [1.82, 2.24) is 0 Å². The third-order valence-electron chi connectivity index (χ3n) is 2.88. The Kier molecular flexibility index (Phi) is 3.50. The van der Waals surface area contributed by atoms with Gasteiger partial charge in [0.25, 0.3) is 0 Å². The Labute approximate surface area is 116 Å². The van der Waals surface area contributed by atoms with Gasteiger partial charge in [0.05, 0.1) is 10.5 Å². The standard InChI is InChI=1S/C14H13NO4S/c1-20(18,19)13-5-3-2-4-10(13)9-6-7-11(14(16)17)12(15)8-9/h2-8H,15H2,1H3,(H,16,17). The van der Waals surface area contributed by atoms with Crippen LogP contribution >= 0.6 is 0 Å². The van der Waals surface area contributed by atoms with Crippen molar-refractivity contribution >= 4 is 21.5 Å². The molecule has 0 bridgehead atoms. The molecule has 0 aliphatic carbocycles. The number of nitrogen functional groups attached to an aromatic ring is 1. The molecule has 0 amide bonds. The lowest BCUT2D eigenvalue weighted by Gasteiger charge is -2.09. The van der Waals surface area contributed by atoms with E-state index in [-0.39, 0.29) is 16.1 Å². The highest BCUT2D eigenvalue weighted by molar-refractivity contribution is 7.90.